The van der Waals surface area contributed by atoms with Crippen molar-refractivity contribution < 1.29 is 4.79 Å². The smallest absolute Gasteiger partial charge is 0.255 e. The van der Waals surface area contributed by atoms with Gasteiger partial charge in [-0.05, 0) is 24.6 Å². The zero-order chi connectivity index (χ0) is 19.3. The highest BCUT2D eigenvalue weighted by Gasteiger charge is 2.20. The van der Waals surface area contributed by atoms with Gasteiger partial charge in [-0.3, -0.25) is 4.79 Å². The Balaban J connectivity index is 1.70. The third-order valence-corrected chi connectivity index (χ3v) is 4.67. The Labute approximate surface area is 164 Å². The first-order valence-electron chi connectivity index (χ1n) is 9.28. The van der Waals surface area contributed by atoms with Crippen molar-refractivity contribution >= 4 is 5.91 Å². The monoisotopic (exact) mass is 367 g/mol. The molecule has 1 aromatic heterocycles. The number of para-hydroxylation sites is 1. The molecule has 0 saturated carbocycles. The first-order chi connectivity index (χ1) is 13.7. The van der Waals surface area contributed by atoms with E-state index in [-0.39, 0.29) is 11.9 Å². The van der Waals surface area contributed by atoms with Gasteiger partial charge in [0.05, 0.1) is 17.3 Å². The fourth-order valence-electron chi connectivity index (χ4n) is 3.16. The van der Waals surface area contributed by atoms with Crippen LogP contribution in [-0.2, 0) is 0 Å². The van der Waals surface area contributed by atoms with Crippen molar-refractivity contribution in [3.8, 4) is 16.9 Å². The van der Waals surface area contributed by atoms with Crippen LogP contribution < -0.4 is 5.32 Å². The quantitative estimate of drug-likeness (QED) is 0.538. The summed E-state index contributed by atoms with van der Waals surface area (Å²) in [6, 6.07) is 29.4. The predicted molar refractivity (Wildman–Crippen MR) is 111 cm³/mol. The van der Waals surface area contributed by atoms with Crippen LogP contribution in [0.5, 0.6) is 0 Å². The lowest BCUT2D eigenvalue weighted by molar-refractivity contribution is 0.0940. The average molecular weight is 367 g/mol. The van der Waals surface area contributed by atoms with Crippen molar-refractivity contribution in [1.82, 2.24) is 15.1 Å². The molecule has 0 bridgehead atoms. The van der Waals surface area contributed by atoms with Crippen LogP contribution in [0.2, 0.25) is 0 Å². The fraction of sp³-hybridized carbons (Fsp3) is 0.0833. The second-order valence-electron chi connectivity index (χ2n) is 6.64. The summed E-state index contributed by atoms with van der Waals surface area (Å²) in [6.07, 6.45) is 1.80. The number of nitrogens with zero attached hydrogens (tertiary/aromatic N) is 2. The zero-order valence-electron chi connectivity index (χ0n) is 15.6. The number of hydrogen-bond donors (Lipinski definition) is 1. The van der Waals surface area contributed by atoms with E-state index < -0.39 is 0 Å². The van der Waals surface area contributed by atoms with Gasteiger partial charge >= 0.3 is 0 Å². The summed E-state index contributed by atoms with van der Waals surface area (Å²) in [5.41, 5.74) is 4.11. The van der Waals surface area contributed by atoms with E-state index >= 15 is 0 Å². The number of amides is 1. The van der Waals surface area contributed by atoms with Crippen LogP contribution in [0.25, 0.3) is 16.9 Å². The number of aromatic nitrogens is 2. The first kappa shape index (κ1) is 17.7. The van der Waals surface area contributed by atoms with Crippen molar-refractivity contribution in [3.63, 3.8) is 0 Å². The minimum absolute atomic E-state index is 0.0996. The van der Waals surface area contributed by atoms with Crippen LogP contribution in [0.4, 0.5) is 0 Å². The number of carbonyl (C=O) groups excluding carboxylic acids is 1. The molecular weight excluding hydrogens is 346 g/mol. The predicted octanol–water partition coefficient (Wildman–Crippen LogP) is 5.03. The Morgan fingerprint density at radius 2 is 1.43 bits per heavy atom. The molecular formula is C24H21N3O. The minimum atomic E-state index is -0.141. The lowest BCUT2D eigenvalue weighted by Crippen LogP contribution is -2.26. The molecule has 0 aliphatic heterocycles. The summed E-state index contributed by atoms with van der Waals surface area (Å²) < 4.78 is 1.75. The Morgan fingerprint density at radius 3 is 2.07 bits per heavy atom. The van der Waals surface area contributed by atoms with E-state index in [0.29, 0.717) is 11.3 Å². The normalized spacial score (nSPS) is 11.8. The summed E-state index contributed by atoms with van der Waals surface area (Å²) in [5.74, 6) is -0.141. The minimum Gasteiger partial charge on any atom is -0.345 e. The van der Waals surface area contributed by atoms with E-state index in [9.17, 15) is 4.79 Å². The van der Waals surface area contributed by atoms with Gasteiger partial charge in [0, 0.05) is 11.8 Å². The number of hydrogen-bond acceptors (Lipinski definition) is 2. The molecule has 1 amide bonds. The molecule has 1 atom stereocenters. The van der Waals surface area contributed by atoms with Gasteiger partial charge in [0.2, 0.25) is 0 Å². The van der Waals surface area contributed by atoms with Gasteiger partial charge in [-0.15, -0.1) is 0 Å². The van der Waals surface area contributed by atoms with Gasteiger partial charge in [0.1, 0.15) is 5.69 Å². The molecule has 4 nitrogen and oxygen atoms in total. The van der Waals surface area contributed by atoms with Crippen LogP contribution in [0.1, 0.15) is 28.9 Å². The van der Waals surface area contributed by atoms with Crippen molar-refractivity contribution in [3.05, 3.63) is 108 Å². The molecule has 0 saturated heterocycles. The number of nitrogens with one attached hydrogen (secondary N) is 1. The van der Waals surface area contributed by atoms with Crippen molar-refractivity contribution in [2.24, 2.45) is 0 Å². The van der Waals surface area contributed by atoms with Gasteiger partial charge < -0.3 is 5.32 Å². The largest absolute Gasteiger partial charge is 0.345 e. The highest BCUT2D eigenvalue weighted by atomic mass is 16.1. The number of carbonyl (C=O) groups is 1. The number of rotatable bonds is 5. The maximum atomic E-state index is 13.1. The van der Waals surface area contributed by atoms with Crippen LogP contribution in [0, 0.1) is 0 Å². The van der Waals surface area contributed by atoms with E-state index in [1.54, 1.807) is 10.9 Å². The molecule has 0 aliphatic carbocycles. The lowest BCUT2D eigenvalue weighted by atomic mass is 10.1. The summed E-state index contributed by atoms with van der Waals surface area (Å²) in [6.45, 7) is 1.98. The summed E-state index contributed by atoms with van der Waals surface area (Å²) in [7, 11) is 0. The van der Waals surface area contributed by atoms with E-state index in [1.807, 2.05) is 97.9 Å². The topological polar surface area (TPSA) is 46.9 Å². The van der Waals surface area contributed by atoms with E-state index in [1.165, 1.54) is 0 Å². The maximum absolute atomic E-state index is 13.1. The first-order valence-corrected chi connectivity index (χ1v) is 9.28. The lowest BCUT2D eigenvalue weighted by Gasteiger charge is -2.14. The summed E-state index contributed by atoms with van der Waals surface area (Å²) >= 11 is 0. The third-order valence-electron chi connectivity index (χ3n) is 4.67. The Hall–Kier alpha value is -3.66. The van der Waals surface area contributed by atoms with E-state index in [0.717, 1.165) is 16.8 Å². The number of benzene rings is 3. The van der Waals surface area contributed by atoms with Crippen LogP contribution in [0.3, 0.4) is 0 Å². The van der Waals surface area contributed by atoms with Gasteiger partial charge in [-0.25, -0.2) is 4.68 Å². The van der Waals surface area contributed by atoms with Gasteiger partial charge in [0.15, 0.2) is 0 Å². The second-order valence-corrected chi connectivity index (χ2v) is 6.64. The molecule has 1 heterocycles. The van der Waals surface area contributed by atoms with Crippen LogP contribution in [-0.4, -0.2) is 15.7 Å². The van der Waals surface area contributed by atoms with Crippen molar-refractivity contribution in [2.75, 3.05) is 0 Å². The standard InChI is InChI=1S/C24H21N3O/c1-18(19-11-5-2-6-12-19)25-24(28)22-17-27(21-15-9-4-10-16-21)26-23(22)20-13-7-3-8-14-20/h2-18H,1H3,(H,25,28)/t18-/m0/s1. The molecule has 1 N–H and O–H groups in total. The van der Waals surface area contributed by atoms with Crippen molar-refractivity contribution in [1.29, 1.82) is 0 Å². The molecule has 0 spiro atoms. The van der Waals surface area contributed by atoms with Crippen molar-refractivity contribution in [2.45, 2.75) is 13.0 Å². The van der Waals surface area contributed by atoms with Crippen LogP contribution in [0.15, 0.2) is 97.2 Å². The molecule has 4 aromatic rings. The molecule has 3 aromatic carbocycles. The summed E-state index contributed by atoms with van der Waals surface area (Å²) in [5, 5.41) is 7.80. The highest BCUT2D eigenvalue weighted by Crippen LogP contribution is 2.24. The molecule has 0 aliphatic rings. The molecule has 4 heteroatoms. The molecule has 0 fully saturated rings. The van der Waals surface area contributed by atoms with E-state index in [2.05, 4.69) is 5.32 Å². The summed E-state index contributed by atoms with van der Waals surface area (Å²) in [4.78, 5) is 13.1. The van der Waals surface area contributed by atoms with Gasteiger partial charge in [0.25, 0.3) is 5.91 Å². The second kappa shape index (κ2) is 7.92. The maximum Gasteiger partial charge on any atom is 0.255 e. The fourth-order valence-corrected chi connectivity index (χ4v) is 3.16. The average Bonchev–Trinajstić information content (AvgIpc) is 3.21. The Bertz CT molecular complexity index is 1060. The molecule has 138 valence electrons. The van der Waals surface area contributed by atoms with Gasteiger partial charge in [-0.1, -0.05) is 78.9 Å². The highest BCUT2D eigenvalue weighted by molar-refractivity contribution is 6.00. The van der Waals surface area contributed by atoms with E-state index in [4.69, 9.17) is 5.10 Å². The Kier molecular flexibility index (Phi) is 5.02. The zero-order valence-corrected chi connectivity index (χ0v) is 15.6. The molecule has 0 radical (unpaired) electrons. The van der Waals surface area contributed by atoms with Gasteiger partial charge in [-0.2, -0.15) is 5.10 Å². The molecule has 28 heavy (non-hydrogen) atoms. The third kappa shape index (κ3) is 3.71. The Morgan fingerprint density at radius 1 is 0.857 bits per heavy atom. The molecule has 0 unspecified atom stereocenters. The van der Waals surface area contributed by atoms with Crippen LogP contribution >= 0.6 is 0 Å². The molecule has 4 rings (SSSR count). The SMILES string of the molecule is C[C@H](NC(=O)c1cn(-c2ccccc2)nc1-c1ccccc1)c1ccccc1.